The number of nitrogens with one attached hydrogen (secondary N) is 1. The van der Waals surface area contributed by atoms with Gasteiger partial charge in [0.25, 0.3) is 0 Å². The normalized spacial score (nSPS) is 13.2. The molecule has 6 heteroatoms. The summed E-state index contributed by atoms with van der Waals surface area (Å²) in [6, 6.07) is 1.52. The van der Waals surface area contributed by atoms with E-state index in [1.54, 1.807) is 0 Å². The molecule has 0 spiro atoms. The van der Waals surface area contributed by atoms with E-state index < -0.39 is 11.0 Å². The Kier molecular flexibility index (Phi) is 4.01. The largest absolute Gasteiger partial charge is 0.391 e. The fourth-order valence-corrected chi connectivity index (χ4v) is 1.19. The van der Waals surface area contributed by atoms with Crippen molar-refractivity contribution in [1.82, 2.24) is 4.98 Å². The Morgan fingerprint density at radius 2 is 2.24 bits per heavy atom. The Labute approximate surface area is 99.8 Å². The molecule has 1 heterocycles. The molecule has 1 aromatic rings. The number of aromatic nitrogens is 1. The molecule has 2 N–H and O–H groups in total. The van der Waals surface area contributed by atoms with Gasteiger partial charge in [-0.3, -0.25) is 15.1 Å². The van der Waals surface area contributed by atoms with Crippen molar-refractivity contribution >= 4 is 11.4 Å². The van der Waals surface area contributed by atoms with Crippen LogP contribution in [-0.2, 0) is 0 Å². The molecule has 0 bridgehead atoms. The molecule has 94 valence electrons. The fourth-order valence-electron chi connectivity index (χ4n) is 1.19. The van der Waals surface area contributed by atoms with Crippen molar-refractivity contribution in [1.29, 1.82) is 0 Å². The van der Waals surface area contributed by atoms with Crippen molar-refractivity contribution in [2.75, 3.05) is 11.9 Å². The van der Waals surface area contributed by atoms with Crippen molar-refractivity contribution in [2.24, 2.45) is 5.41 Å². The van der Waals surface area contributed by atoms with E-state index in [4.69, 9.17) is 0 Å². The number of nitro groups is 1. The second kappa shape index (κ2) is 5.09. The summed E-state index contributed by atoms with van der Waals surface area (Å²) in [5.41, 5.74) is 0.0105. The third-order valence-electron chi connectivity index (χ3n) is 2.48. The van der Waals surface area contributed by atoms with Crippen LogP contribution in [0.4, 0.5) is 11.4 Å². The van der Waals surface area contributed by atoms with Gasteiger partial charge in [-0.25, -0.2) is 0 Å². The summed E-state index contributed by atoms with van der Waals surface area (Å²) >= 11 is 0. The summed E-state index contributed by atoms with van der Waals surface area (Å²) in [6.45, 7) is 5.97. The number of anilines is 1. The van der Waals surface area contributed by atoms with Crippen LogP contribution >= 0.6 is 0 Å². The van der Waals surface area contributed by atoms with Gasteiger partial charge in [0.1, 0.15) is 11.9 Å². The standard InChI is InChI=1S/C11H17N3O3/c1-11(2,3)10(15)7-13-8-4-5-12-6-9(8)14(16)17/h4-6,10,15H,7H2,1-3H3,(H,12,13). The van der Waals surface area contributed by atoms with Crippen LogP contribution in [0.5, 0.6) is 0 Å². The summed E-state index contributed by atoms with van der Waals surface area (Å²) in [5, 5.41) is 23.4. The lowest BCUT2D eigenvalue weighted by molar-refractivity contribution is -0.384. The van der Waals surface area contributed by atoms with Crippen LogP contribution < -0.4 is 5.32 Å². The Hall–Kier alpha value is -1.69. The molecule has 17 heavy (non-hydrogen) atoms. The van der Waals surface area contributed by atoms with Gasteiger partial charge in [0, 0.05) is 12.7 Å². The van der Waals surface area contributed by atoms with Crippen molar-refractivity contribution in [2.45, 2.75) is 26.9 Å². The van der Waals surface area contributed by atoms with E-state index in [1.165, 1.54) is 18.5 Å². The van der Waals surface area contributed by atoms with Crippen LogP contribution in [0.3, 0.4) is 0 Å². The number of hydrogen-bond donors (Lipinski definition) is 2. The van der Waals surface area contributed by atoms with E-state index in [2.05, 4.69) is 10.3 Å². The molecule has 0 radical (unpaired) electrons. The van der Waals surface area contributed by atoms with Crippen LogP contribution in [0.1, 0.15) is 20.8 Å². The zero-order chi connectivity index (χ0) is 13.1. The monoisotopic (exact) mass is 239 g/mol. The van der Waals surface area contributed by atoms with Gasteiger partial charge in [-0.15, -0.1) is 0 Å². The van der Waals surface area contributed by atoms with Gasteiger partial charge in [0.2, 0.25) is 0 Å². The van der Waals surface area contributed by atoms with Gasteiger partial charge >= 0.3 is 5.69 Å². The molecule has 1 atom stereocenters. The number of nitrogens with zero attached hydrogens (tertiary/aromatic N) is 2. The molecule has 0 aromatic carbocycles. The van der Waals surface area contributed by atoms with E-state index in [0.29, 0.717) is 5.69 Å². The minimum absolute atomic E-state index is 0.0893. The predicted octanol–water partition coefficient (Wildman–Crippen LogP) is 1.81. The molecule has 6 nitrogen and oxygen atoms in total. The van der Waals surface area contributed by atoms with Gasteiger partial charge in [-0.2, -0.15) is 0 Å². The smallest absolute Gasteiger partial charge is 0.310 e. The zero-order valence-corrected chi connectivity index (χ0v) is 10.2. The van der Waals surface area contributed by atoms with Gasteiger partial charge in [0.15, 0.2) is 0 Å². The number of rotatable bonds is 4. The van der Waals surface area contributed by atoms with Gasteiger partial charge in [0.05, 0.1) is 11.0 Å². The van der Waals surface area contributed by atoms with Crippen molar-refractivity contribution in [3.8, 4) is 0 Å². The number of pyridine rings is 1. The first kappa shape index (κ1) is 13.4. The Morgan fingerprint density at radius 3 is 2.76 bits per heavy atom. The molecule has 0 fully saturated rings. The second-order valence-corrected chi connectivity index (χ2v) is 4.91. The molecule has 0 aliphatic rings. The number of hydrogen-bond acceptors (Lipinski definition) is 5. The van der Waals surface area contributed by atoms with Gasteiger partial charge < -0.3 is 10.4 Å². The Bertz CT molecular complexity index is 401. The van der Waals surface area contributed by atoms with E-state index >= 15 is 0 Å². The van der Waals surface area contributed by atoms with Crippen LogP contribution in [-0.4, -0.2) is 27.7 Å². The minimum Gasteiger partial charge on any atom is -0.391 e. The van der Waals surface area contributed by atoms with E-state index in [9.17, 15) is 15.2 Å². The maximum absolute atomic E-state index is 10.7. The molecular formula is C11H17N3O3. The number of aliphatic hydroxyl groups excluding tert-OH is 1. The first-order valence-electron chi connectivity index (χ1n) is 5.32. The van der Waals surface area contributed by atoms with Crippen molar-refractivity contribution in [3.05, 3.63) is 28.6 Å². The molecule has 0 aliphatic carbocycles. The third kappa shape index (κ3) is 3.67. The SMILES string of the molecule is CC(C)(C)C(O)CNc1ccncc1[N+](=O)[O-]. The van der Waals surface area contributed by atoms with E-state index in [0.717, 1.165) is 0 Å². The average molecular weight is 239 g/mol. The van der Waals surface area contributed by atoms with Crippen LogP contribution in [0.15, 0.2) is 18.5 Å². The summed E-state index contributed by atoms with van der Waals surface area (Å²) in [5.74, 6) is 0. The molecule has 1 aromatic heterocycles. The lowest BCUT2D eigenvalue weighted by atomic mass is 9.89. The molecule has 0 saturated carbocycles. The van der Waals surface area contributed by atoms with Crippen molar-refractivity contribution in [3.63, 3.8) is 0 Å². The fraction of sp³-hybridized carbons (Fsp3) is 0.545. The maximum atomic E-state index is 10.7. The first-order valence-corrected chi connectivity index (χ1v) is 5.32. The molecule has 0 saturated heterocycles. The topological polar surface area (TPSA) is 88.3 Å². The second-order valence-electron chi connectivity index (χ2n) is 4.91. The summed E-state index contributed by atoms with van der Waals surface area (Å²) in [7, 11) is 0. The summed E-state index contributed by atoms with van der Waals surface area (Å²) in [6.07, 6.45) is 2.07. The van der Waals surface area contributed by atoms with Crippen LogP contribution in [0.2, 0.25) is 0 Å². The van der Waals surface area contributed by atoms with Gasteiger partial charge in [-0.1, -0.05) is 20.8 Å². The molecule has 0 aliphatic heterocycles. The highest BCUT2D eigenvalue weighted by atomic mass is 16.6. The predicted molar refractivity (Wildman–Crippen MR) is 64.8 cm³/mol. The van der Waals surface area contributed by atoms with Crippen LogP contribution in [0.25, 0.3) is 0 Å². The molecule has 0 amide bonds. The first-order chi connectivity index (χ1) is 7.82. The van der Waals surface area contributed by atoms with E-state index in [-0.39, 0.29) is 17.6 Å². The van der Waals surface area contributed by atoms with Gasteiger partial charge in [-0.05, 0) is 11.5 Å². The molecule has 1 rings (SSSR count). The molecular weight excluding hydrogens is 222 g/mol. The summed E-state index contributed by atoms with van der Waals surface area (Å²) < 4.78 is 0. The quantitative estimate of drug-likeness (QED) is 0.618. The highest BCUT2D eigenvalue weighted by molar-refractivity contribution is 5.59. The lowest BCUT2D eigenvalue weighted by Crippen LogP contribution is -2.32. The number of aliphatic hydroxyl groups is 1. The van der Waals surface area contributed by atoms with Crippen LogP contribution in [0, 0.1) is 15.5 Å². The Morgan fingerprint density at radius 1 is 1.59 bits per heavy atom. The van der Waals surface area contributed by atoms with Crippen molar-refractivity contribution < 1.29 is 10.0 Å². The maximum Gasteiger partial charge on any atom is 0.310 e. The zero-order valence-electron chi connectivity index (χ0n) is 10.2. The van der Waals surface area contributed by atoms with E-state index in [1.807, 2.05) is 20.8 Å². The average Bonchev–Trinajstić information content (AvgIpc) is 2.24. The minimum atomic E-state index is -0.588. The highest BCUT2D eigenvalue weighted by Crippen LogP contribution is 2.24. The lowest BCUT2D eigenvalue weighted by Gasteiger charge is -2.26. The third-order valence-corrected chi connectivity index (χ3v) is 2.48. The molecule has 1 unspecified atom stereocenters. The highest BCUT2D eigenvalue weighted by Gasteiger charge is 2.22. The Balaban J connectivity index is 2.73. The summed E-state index contributed by atoms with van der Waals surface area (Å²) in [4.78, 5) is 13.9.